The lowest BCUT2D eigenvalue weighted by Crippen LogP contribution is -2.53. The van der Waals surface area contributed by atoms with E-state index in [0.29, 0.717) is 12.0 Å². The van der Waals surface area contributed by atoms with Crippen LogP contribution in [0, 0.1) is 5.92 Å². The maximum Gasteiger partial charge on any atom is 0.322 e. The van der Waals surface area contributed by atoms with Crippen LogP contribution in [0.1, 0.15) is 25.8 Å². The van der Waals surface area contributed by atoms with Gasteiger partial charge in [-0.3, -0.25) is 14.4 Å². The Balaban J connectivity index is 2.82. The number of phenols is 1. The van der Waals surface area contributed by atoms with E-state index < -0.39 is 36.4 Å². The lowest BCUT2D eigenvalue weighted by Gasteiger charge is -2.21. The van der Waals surface area contributed by atoms with Gasteiger partial charge in [0.25, 0.3) is 0 Å². The van der Waals surface area contributed by atoms with Crippen LogP contribution in [0.2, 0.25) is 0 Å². The van der Waals surface area contributed by atoms with Crippen LogP contribution in [-0.4, -0.2) is 46.6 Å². The number of phenolic OH excluding ortho intramolecular Hbond substituents is 1. The van der Waals surface area contributed by atoms with Crippen LogP contribution < -0.4 is 16.4 Å². The number of aliphatic carboxylic acids is 1. The van der Waals surface area contributed by atoms with E-state index in [1.54, 1.807) is 12.1 Å². The van der Waals surface area contributed by atoms with Gasteiger partial charge in [0.1, 0.15) is 18.3 Å². The Morgan fingerprint density at radius 1 is 1.12 bits per heavy atom. The quantitative estimate of drug-likeness (QED) is 0.424. The number of benzene rings is 1. The molecule has 138 valence electrons. The van der Waals surface area contributed by atoms with E-state index in [-0.39, 0.29) is 18.1 Å². The standard InChI is InChI=1S/C17H25N3O5/c1-10(2)7-13(18)16(24)20-14(17(25)19-9-15(22)23)8-11-3-5-12(21)6-4-11/h3-6,10,13-14,21H,7-9,18H2,1-2H3,(H,19,25)(H,20,24)(H,22,23). The number of aromatic hydroxyl groups is 1. The number of carbonyl (C=O) groups excluding carboxylic acids is 2. The van der Waals surface area contributed by atoms with Gasteiger partial charge in [0.05, 0.1) is 6.04 Å². The Bertz CT molecular complexity index is 601. The Kier molecular flexibility index (Phi) is 7.87. The van der Waals surface area contributed by atoms with Crippen molar-refractivity contribution >= 4 is 17.8 Å². The van der Waals surface area contributed by atoms with Crippen LogP contribution in [0.15, 0.2) is 24.3 Å². The summed E-state index contributed by atoms with van der Waals surface area (Å²) in [5.41, 5.74) is 6.53. The highest BCUT2D eigenvalue weighted by atomic mass is 16.4. The van der Waals surface area contributed by atoms with Crippen LogP contribution in [0.4, 0.5) is 0 Å². The molecule has 0 aromatic heterocycles. The summed E-state index contributed by atoms with van der Waals surface area (Å²) >= 11 is 0. The molecule has 2 amide bonds. The average Bonchev–Trinajstić information content (AvgIpc) is 2.53. The third-order valence-electron chi connectivity index (χ3n) is 3.49. The number of nitrogens with one attached hydrogen (secondary N) is 2. The molecule has 1 aromatic carbocycles. The third-order valence-corrected chi connectivity index (χ3v) is 3.49. The number of rotatable bonds is 9. The van der Waals surface area contributed by atoms with Gasteiger partial charge in [-0.05, 0) is 30.0 Å². The predicted molar refractivity (Wildman–Crippen MR) is 91.8 cm³/mol. The summed E-state index contributed by atoms with van der Waals surface area (Å²) in [6.07, 6.45) is 0.611. The fraction of sp³-hybridized carbons (Fsp3) is 0.471. The Morgan fingerprint density at radius 3 is 2.24 bits per heavy atom. The molecule has 1 aromatic rings. The van der Waals surface area contributed by atoms with E-state index in [0.717, 1.165) is 0 Å². The molecule has 0 fully saturated rings. The average molecular weight is 351 g/mol. The first kappa shape index (κ1) is 20.4. The molecule has 0 saturated heterocycles. The number of carbonyl (C=O) groups is 3. The largest absolute Gasteiger partial charge is 0.508 e. The van der Waals surface area contributed by atoms with Gasteiger partial charge in [-0.1, -0.05) is 26.0 Å². The lowest BCUT2D eigenvalue weighted by molar-refractivity contribution is -0.138. The molecule has 0 aliphatic heterocycles. The fourth-order valence-electron chi connectivity index (χ4n) is 2.26. The summed E-state index contributed by atoms with van der Waals surface area (Å²) in [5, 5.41) is 22.8. The number of nitrogens with two attached hydrogens (primary N) is 1. The molecular weight excluding hydrogens is 326 g/mol. The smallest absolute Gasteiger partial charge is 0.322 e. The van der Waals surface area contributed by atoms with Crippen molar-refractivity contribution in [1.82, 2.24) is 10.6 Å². The van der Waals surface area contributed by atoms with Gasteiger partial charge in [0.2, 0.25) is 11.8 Å². The Hall–Kier alpha value is -2.61. The normalized spacial score (nSPS) is 13.1. The molecule has 0 aliphatic rings. The summed E-state index contributed by atoms with van der Waals surface area (Å²) in [6, 6.07) is 4.45. The van der Waals surface area contributed by atoms with Crippen molar-refractivity contribution in [1.29, 1.82) is 0 Å². The highest BCUT2D eigenvalue weighted by molar-refractivity contribution is 5.91. The minimum atomic E-state index is -1.18. The molecular formula is C17H25N3O5. The van der Waals surface area contributed by atoms with Gasteiger partial charge in [0.15, 0.2) is 0 Å². The lowest BCUT2D eigenvalue weighted by atomic mass is 10.0. The molecule has 0 radical (unpaired) electrons. The van der Waals surface area contributed by atoms with E-state index in [4.69, 9.17) is 10.8 Å². The molecule has 1 rings (SSSR count). The van der Waals surface area contributed by atoms with Gasteiger partial charge in [0, 0.05) is 6.42 Å². The second-order valence-corrected chi connectivity index (χ2v) is 6.28. The molecule has 0 saturated carbocycles. The molecule has 2 unspecified atom stereocenters. The highest BCUT2D eigenvalue weighted by Gasteiger charge is 2.24. The van der Waals surface area contributed by atoms with E-state index in [1.165, 1.54) is 12.1 Å². The van der Waals surface area contributed by atoms with Crippen molar-refractivity contribution in [3.05, 3.63) is 29.8 Å². The zero-order valence-electron chi connectivity index (χ0n) is 14.4. The fourth-order valence-corrected chi connectivity index (χ4v) is 2.26. The van der Waals surface area contributed by atoms with Crippen LogP contribution in [0.5, 0.6) is 5.75 Å². The van der Waals surface area contributed by atoms with Crippen molar-refractivity contribution in [2.75, 3.05) is 6.54 Å². The third kappa shape index (κ3) is 7.67. The van der Waals surface area contributed by atoms with Gasteiger partial charge >= 0.3 is 5.97 Å². The maximum absolute atomic E-state index is 12.2. The summed E-state index contributed by atoms with van der Waals surface area (Å²) < 4.78 is 0. The monoisotopic (exact) mass is 351 g/mol. The zero-order chi connectivity index (χ0) is 19.0. The molecule has 2 atom stereocenters. The number of amides is 2. The van der Waals surface area contributed by atoms with Gasteiger partial charge in [-0.15, -0.1) is 0 Å². The number of hydrogen-bond acceptors (Lipinski definition) is 5. The molecule has 0 bridgehead atoms. The molecule has 0 aliphatic carbocycles. The van der Waals surface area contributed by atoms with Crippen molar-refractivity contribution in [3.8, 4) is 5.75 Å². The van der Waals surface area contributed by atoms with Crippen molar-refractivity contribution < 1.29 is 24.6 Å². The van der Waals surface area contributed by atoms with Gasteiger partial charge in [-0.2, -0.15) is 0 Å². The van der Waals surface area contributed by atoms with Gasteiger partial charge in [-0.25, -0.2) is 0 Å². The van der Waals surface area contributed by atoms with E-state index in [9.17, 15) is 19.5 Å². The maximum atomic E-state index is 12.2. The van der Waals surface area contributed by atoms with Crippen molar-refractivity contribution in [2.24, 2.45) is 11.7 Å². The minimum absolute atomic E-state index is 0.0821. The zero-order valence-corrected chi connectivity index (χ0v) is 14.4. The van der Waals surface area contributed by atoms with Crippen LogP contribution in [0.3, 0.4) is 0 Å². The van der Waals surface area contributed by atoms with Crippen LogP contribution in [0.25, 0.3) is 0 Å². The number of carboxylic acid groups (broad SMARTS) is 1. The summed E-state index contributed by atoms with van der Waals surface area (Å²) in [4.78, 5) is 35.0. The second kappa shape index (κ2) is 9.63. The SMILES string of the molecule is CC(C)CC(N)C(=O)NC(Cc1ccc(O)cc1)C(=O)NCC(=O)O. The molecule has 8 heteroatoms. The molecule has 0 heterocycles. The number of carboxylic acids is 1. The highest BCUT2D eigenvalue weighted by Crippen LogP contribution is 2.12. The van der Waals surface area contributed by atoms with E-state index in [1.807, 2.05) is 13.8 Å². The summed E-state index contributed by atoms with van der Waals surface area (Å²) in [7, 11) is 0. The van der Waals surface area contributed by atoms with Crippen molar-refractivity contribution in [2.45, 2.75) is 38.8 Å². The van der Waals surface area contributed by atoms with Crippen LogP contribution >= 0.6 is 0 Å². The Labute approximate surface area is 146 Å². The second-order valence-electron chi connectivity index (χ2n) is 6.28. The molecule has 8 nitrogen and oxygen atoms in total. The first-order valence-corrected chi connectivity index (χ1v) is 8.02. The van der Waals surface area contributed by atoms with Crippen LogP contribution in [-0.2, 0) is 20.8 Å². The minimum Gasteiger partial charge on any atom is -0.508 e. The molecule has 0 spiro atoms. The predicted octanol–water partition coefficient (Wildman–Crippen LogP) is -0.00630. The summed E-state index contributed by atoms with van der Waals surface area (Å²) in [5.74, 6) is -1.96. The number of hydrogen-bond donors (Lipinski definition) is 5. The first-order valence-electron chi connectivity index (χ1n) is 8.02. The van der Waals surface area contributed by atoms with E-state index in [2.05, 4.69) is 10.6 Å². The molecule has 6 N–H and O–H groups in total. The first-order chi connectivity index (χ1) is 11.7. The van der Waals surface area contributed by atoms with E-state index >= 15 is 0 Å². The summed E-state index contributed by atoms with van der Waals surface area (Å²) in [6.45, 7) is 3.32. The molecule has 25 heavy (non-hydrogen) atoms. The Morgan fingerprint density at radius 2 is 1.72 bits per heavy atom. The van der Waals surface area contributed by atoms with Gasteiger partial charge < -0.3 is 26.6 Å². The topological polar surface area (TPSA) is 142 Å². The van der Waals surface area contributed by atoms with Crippen molar-refractivity contribution in [3.63, 3.8) is 0 Å².